The molecular formula is C25H26N4O2S. The average molecular weight is 447 g/mol. The molecule has 0 spiro atoms. The molecule has 1 aliphatic rings. The molecule has 4 heterocycles. The molecule has 0 bridgehead atoms. The van der Waals surface area contributed by atoms with Crippen molar-refractivity contribution in [1.29, 1.82) is 0 Å². The zero-order valence-electron chi connectivity index (χ0n) is 18.7. The van der Waals surface area contributed by atoms with Crippen LogP contribution in [0.1, 0.15) is 33.4 Å². The van der Waals surface area contributed by atoms with E-state index in [9.17, 15) is 4.79 Å². The summed E-state index contributed by atoms with van der Waals surface area (Å²) in [4.78, 5) is 18.9. The minimum atomic E-state index is -0.538. The predicted octanol–water partition coefficient (Wildman–Crippen LogP) is 5.97. The molecule has 0 saturated carbocycles. The first kappa shape index (κ1) is 20.7. The molecule has 0 fully saturated rings. The van der Waals surface area contributed by atoms with Crippen LogP contribution in [-0.4, -0.2) is 37.4 Å². The monoisotopic (exact) mass is 446 g/mol. The van der Waals surface area contributed by atoms with E-state index in [4.69, 9.17) is 9.84 Å². The fourth-order valence-corrected chi connectivity index (χ4v) is 4.99. The van der Waals surface area contributed by atoms with Crippen molar-refractivity contribution in [3.8, 4) is 22.4 Å². The minimum absolute atomic E-state index is 0.0184. The molecule has 0 saturated heterocycles. The summed E-state index contributed by atoms with van der Waals surface area (Å²) in [5, 5.41) is 8.37. The number of carbonyl (C=O) groups excluding carboxylic acids is 1. The molecule has 4 aromatic rings. The first-order chi connectivity index (χ1) is 15.3. The van der Waals surface area contributed by atoms with Crippen molar-refractivity contribution in [1.82, 2.24) is 19.7 Å². The van der Waals surface area contributed by atoms with Gasteiger partial charge < -0.3 is 4.74 Å². The van der Waals surface area contributed by atoms with E-state index < -0.39 is 5.60 Å². The number of rotatable bonds is 2. The van der Waals surface area contributed by atoms with E-state index in [2.05, 4.69) is 39.3 Å². The number of ether oxygens (including phenoxy) is 1. The summed E-state index contributed by atoms with van der Waals surface area (Å²) in [6.07, 6.45) is 3.30. The van der Waals surface area contributed by atoms with Gasteiger partial charge in [-0.25, -0.2) is 4.79 Å². The third-order valence-corrected chi connectivity index (χ3v) is 6.55. The highest BCUT2D eigenvalue weighted by atomic mass is 32.1. The molecule has 5 rings (SSSR count). The van der Waals surface area contributed by atoms with Crippen LogP contribution in [-0.2, 0) is 17.8 Å². The Bertz CT molecular complexity index is 1290. The number of carbonyl (C=O) groups is 1. The van der Waals surface area contributed by atoms with Gasteiger partial charge in [-0.15, -0.1) is 11.3 Å². The van der Waals surface area contributed by atoms with Gasteiger partial charge in [0.2, 0.25) is 0 Å². The van der Waals surface area contributed by atoms with E-state index in [0.29, 0.717) is 13.1 Å². The summed E-state index contributed by atoms with van der Waals surface area (Å²) in [7, 11) is 0. The molecule has 7 heteroatoms. The number of benzene rings is 1. The number of fused-ring (bicyclic) bond motifs is 2. The summed E-state index contributed by atoms with van der Waals surface area (Å²) in [6.45, 7) is 8.79. The number of pyridine rings is 1. The van der Waals surface area contributed by atoms with E-state index >= 15 is 0 Å². The fourth-order valence-electron chi connectivity index (χ4n) is 4.17. The molecule has 32 heavy (non-hydrogen) atoms. The van der Waals surface area contributed by atoms with Crippen molar-refractivity contribution in [2.75, 3.05) is 0 Å². The Morgan fingerprint density at radius 1 is 1.12 bits per heavy atom. The Morgan fingerprint density at radius 3 is 2.66 bits per heavy atom. The second kappa shape index (κ2) is 7.74. The maximum absolute atomic E-state index is 12.9. The topological polar surface area (TPSA) is 60.2 Å². The van der Waals surface area contributed by atoms with Crippen molar-refractivity contribution in [3.63, 3.8) is 0 Å². The van der Waals surface area contributed by atoms with Crippen LogP contribution in [0.15, 0.2) is 54.2 Å². The predicted molar refractivity (Wildman–Crippen MR) is 128 cm³/mol. The highest BCUT2D eigenvalue weighted by Gasteiger charge is 2.34. The number of thiophene rings is 1. The van der Waals surface area contributed by atoms with E-state index in [-0.39, 0.29) is 12.1 Å². The number of aromatic nitrogens is 3. The van der Waals surface area contributed by atoms with Crippen molar-refractivity contribution < 1.29 is 9.53 Å². The van der Waals surface area contributed by atoms with Gasteiger partial charge in [0.25, 0.3) is 0 Å². The normalized spacial score (nSPS) is 16.2. The van der Waals surface area contributed by atoms with Crippen LogP contribution in [0, 0.1) is 0 Å². The standard InChI is InChI=1S/C25H26N4O2S/c1-16-14-29-20(15-28(16)24(30)31-25(2,3)4)22(18-7-10-26-11-8-18)23(27-29)19-6-5-17-9-12-32-21(17)13-19/h5-13,16H,14-15H2,1-4H3/t16-/m1/s1. The zero-order chi connectivity index (χ0) is 22.5. The van der Waals surface area contributed by atoms with Gasteiger partial charge in [0.05, 0.1) is 24.8 Å². The third-order valence-electron chi connectivity index (χ3n) is 5.67. The van der Waals surface area contributed by atoms with E-state index in [1.54, 1.807) is 28.6 Å². The van der Waals surface area contributed by atoms with E-state index in [1.807, 2.05) is 39.8 Å². The Hall–Kier alpha value is -3.19. The second-order valence-electron chi connectivity index (χ2n) is 9.22. The summed E-state index contributed by atoms with van der Waals surface area (Å²) in [5.74, 6) is 0. The van der Waals surface area contributed by atoms with Crippen LogP contribution >= 0.6 is 11.3 Å². The van der Waals surface area contributed by atoms with Crippen LogP contribution in [0.4, 0.5) is 4.79 Å². The van der Waals surface area contributed by atoms with Crippen LogP contribution < -0.4 is 0 Å². The van der Waals surface area contributed by atoms with Crippen molar-refractivity contribution in [2.24, 2.45) is 0 Å². The third kappa shape index (κ3) is 3.77. The SMILES string of the molecule is C[C@@H]1Cn2nc(-c3ccc4ccsc4c3)c(-c3ccncc3)c2CN1C(=O)OC(C)(C)C. The van der Waals surface area contributed by atoms with Crippen LogP contribution in [0.5, 0.6) is 0 Å². The average Bonchev–Trinajstić information content (AvgIpc) is 3.36. The Kier molecular flexibility index (Phi) is 5.01. The summed E-state index contributed by atoms with van der Waals surface area (Å²) in [5.41, 5.74) is 4.57. The van der Waals surface area contributed by atoms with Gasteiger partial charge in [-0.1, -0.05) is 12.1 Å². The molecule has 6 nitrogen and oxygen atoms in total. The Labute approximate surface area is 191 Å². The van der Waals surface area contributed by atoms with E-state index in [0.717, 1.165) is 28.1 Å². The molecule has 1 atom stereocenters. The lowest BCUT2D eigenvalue weighted by Gasteiger charge is -2.35. The maximum atomic E-state index is 12.9. The highest BCUT2D eigenvalue weighted by molar-refractivity contribution is 7.17. The quantitative estimate of drug-likeness (QED) is 0.381. The summed E-state index contributed by atoms with van der Waals surface area (Å²) < 4.78 is 8.97. The summed E-state index contributed by atoms with van der Waals surface area (Å²) >= 11 is 1.73. The molecule has 164 valence electrons. The number of nitrogens with zero attached hydrogens (tertiary/aromatic N) is 4. The van der Waals surface area contributed by atoms with E-state index in [1.165, 1.54) is 10.1 Å². The molecule has 3 aromatic heterocycles. The molecule has 0 radical (unpaired) electrons. The molecule has 0 unspecified atom stereocenters. The largest absolute Gasteiger partial charge is 0.444 e. The zero-order valence-corrected chi connectivity index (χ0v) is 19.5. The summed E-state index contributed by atoms with van der Waals surface area (Å²) in [6, 6.07) is 12.6. The Balaban J connectivity index is 1.63. The maximum Gasteiger partial charge on any atom is 0.410 e. The van der Waals surface area contributed by atoms with Gasteiger partial charge in [0.1, 0.15) is 11.3 Å². The van der Waals surface area contributed by atoms with Crippen LogP contribution in [0.2, 0.25) is 0 Å². The fraction of sp³-hybridized carbons (Fsp3) is 0.320. The number of amides is 1. The molecule has 1 aliphatic heterocycles. The van der Waals surface area contributed by atoms with Gasteiger partial charge in [-0.3, -0.25) is 14.6 Å². The first-order valence-corrected chi connectivity index (χ1v) is 11.7. The van der Waals surface area contributed by atoms with Crippen LogP contribution in [0.25, 0.3) is 32.5 Å². The smallest absolute Gasteiger partial charge is 0.410 e. The van der Waals surface area contributed by atoms with Crippen molar-refractivity contribution in [3.05, 3.63) is 59.9 Å². The molecule has 0 aliphatic carbocycles. The lowest BCUT2D eigenvalue weighted by Crippen LogP contribution is -2.47. The molecule has 1 amide bonds. The molecule has 1 aromatic carbocycles. The van der Waals surface area contributed by atoms with Gasteiger partial charge >= 0.3 is 6.09 Å². The first-order valence-electron chi connectivity index (χ1n) is 10.8. The lowest BCUT2D eigenvalue weighted by atomic mass is 9.98. The van der Waals surface area contributed by atoms with Gasteiger partial charge in [-0.05, 0) is 68.3 Å². The van der Waals surface area contributed by atoms with Gasteiger partial charge in [0.15, 0.2) is 0 Å². The molecular weight excluding hydrogens is 420 g/mol. The van der Waals surface area contributed by atoms with Gasteiger partial charge in [0, 0.05) is 28.2 Å². The van der Waals surface area contributed by atoms with Crippen LogP contribution in [0.3, 0.4) is 0 Å². The Morgan fingerprint density at radius 2 is 1.91 bits per heavy atom. The van der Waals surface area contributed by atoms with Crippen molar-refractivity contribution in [2.45, 2.75) is 52.4 Å². The number of hydrogen-bond donors (Lipinski definition) is 0. The van der Waals surface area contributed by atoms with Gasteiger partial charge in [-0.2, -0.15) is 5.10 Å². The second-order valence-corrected chi connectivity index (χ2v) is 10.2. The molecule has 0 N–H and O–H groups in total. The lowest BCUT2D eigenvalue weighted by molar-refractivity contribution is 0.00914. The number of hydrogen-bond acceptors (Lipinski definition) is 5. The minimum Gasteiger partial charge on any atom is -0.444 e. The van der Waals surface area contributed by atoms with Crippen molar-refractivity contribution >= 4 is 27.5 Å². The highest BCUT2D eigenvalue weighted by Crippen LogP contribution is 2.38.